The summed E-state index contributed by atoms with van der Waals surface area (Å²) in [6.45, 7) is 0. The fourth-order valence-corrected chi connectivity index (χ4v) is 7.34. The summed E-state index contributed by atoms with van der Waals surface area (Å²) in [5.41, 5.74) is 6.22. The molecule has 1 aliphatic carbocycles. The average Bonchev–Trinajstić information content (AvgIpc) is 3.16. The number of fused-ring (bicyclic) bond motifs is 3. The molecule has 0 bridgehead atoms. The van der Waals surface area contributed by atoms with Crippen LogP contribution in [0.3, 0.4) is 0 Å². The second kappa shape index (κ2) is 8.62. The van der Waals surface area contributed by atoms with Crippen molar-refractivity contribution in [1.82, 2.24) is 4.57 Å². The highest BCUT2D eigenvalue weighted by molar-refractivity contribution is 14.1. The van der Waals surface area contributed by atoms with Gasteiger partial charge in [0.2, 0.25) is 0 Å². The van der Waals surface area contributed by atoms with Crippen molar-refractivity contribution in [3.8, 4) is 5.75 Å². The molecule has 0 fully saturated rings. The first kappa shape index (κ1) is 22.0. The molecule has 1 aromatic heterocycles. The van der Waals surface area contributed by atoms with Gasteiger partial charge in [0.05, 0.1) is 19.8 Å². The number of benzene rings is 3. The number of phenolic OH excluding ortho intramolecular Hbond substituents is 1. The predicted octanol–water partition coefficient (Wildman–Crippen LogP) is 5.39. The Hall–Kier alpha value is -2.49. The Morgan fingerprint density at radius 2 is 1.85 bits per heavy atom. The highest BCUT2D eigenvalue weighted by Crippen LogP contribution is 2.41. The number of rotatable bonds is 2. The fourth-order valence-electron chi connectivity index (χ4n) is 4.79. The summed E-state index contributed by atoms with van der Waals surface area (Å²) < 4.78 is 3.96. The molecule has 2 aliphatic rings. The van der Waals surface area contributed by atoms with Gasteiger partial charge in [0.15, 0.2) is 4.80 Å². The number of phenols is 1. The van der Waals surface area contributed by atoms with Crippen molar-refractivity contribution < 1.29 is 5.11 Å². The normalized spacial score (nSPS) is 17.1. The van der Waals surface area contributed by atoms with Crippen molar-refractivity contribution in [2.45, 2.75) is 18.9 Å². The Balaban J connectivity index is 1.64. The Morgan fingerprint density at radius 1 is 1.09 bits per heavy atom. The molecule has 6 rings (SSSR count). The van der Waals surface area contributed by atoms with E-state index in [9.17, 15) is 9.90 Å². The van der Waals surface area contributed by atoms with Gasteiger partial charge in [-0.3, -0.25) is 9.36 Å². The van der Waals surface area contributed by atoms with Gasteiger partial charge in [0.25, 0.3) is 5.56 Å². The van der Waals surface area contributed by atoms with Gasteiger partial charge in [0.1, 0.15) is 5.75 Å². The van der Waals surface area contributed by atoms with Crippen LogP contribution in [0.5, 0.6) is 5.75 Å². The zero-order valence-corrected chi connectivity index (χ0v) is 22.4. The molecule has 1 aliphatic heterocycles. The molecule has 2 heterocycles. The lowest BCUT2D eigenvalue weighted by Gasteiger charge is -2.30. The van der Waals surface area contributed by atoms with Crippen LogP contribution in [0.1, 0.15) is 34.7 Å². The summed E-state index contributed by atoms with van der Waals surface area (Å²) >= 11 is 6.96. The maximum Gasteiger partial charge on any atom is 0.271 e. The van der Waals surface area contributed by atoms with Crippen molar-refractivity contribution in [3.63, 3.8) is 0 Å². The van der Waals surface area contributed by atoms with Crippen LogP contribution < -0.4 is 14.9 Å². The van der Waals surface area contributed by atoms with E-state index < -0.39 is 0 Å². The number of aromatic hydroxyl groups is 1. The number of aryl methyl sites for hydroxylation is 1. The van der Waals surface area contributed by atoms with E-state index in [1.165, 1.54) is 22.5 Å². The number of halogens is 2. The molecule has 0 saturated carbocycles. The standard InChI is InChI=1S/C27H18BrIN2O2S/c28-18-12-17(25(32)21(29)14-18)13-22-26(33)31-24(16-7-2-1-3-8-16)20-11-10-15-6-4-5-9-19(15)23(20)30-27(31)34-22/h1-9,12-14,24,32H,10-11H2/b22-13-/t24-/m1/s1. The van der Waals surface area contributed by atoms with Gasteiger partial charge >= 0.3 is 0 Å². The molecule has 1 N–H and O–H groups in total. The lowest BCUT2D eigenvalue weighted by Crippen LogP contribution is -2.38. The average molecular weight is 641 g/mol. The molecule has 4 nitrogen and oxygen atoms in total. The lowest BCUT2D eigenvalue weighted by atomic mass is 9.83. The highest BCUT2D eigenvalue weighted by atomic mass is 127. The van der Waals surface area contributed by atoms with Crippen molar-refractivity contribution in [2.75, 3.05) is 0 Å². The largest absolute Gasteiger partial charge is 0.506 e. The Bertz CT molecular complexity index is 1670. The maximum atomic E-state index is 13.8. The van der Waals surface area contributed by atoms with Crippen LogP contribution >= 0.6 is 49.9 Å². The van der Waals surface area contributed by atoms with Gasteiger partial charge in [-0.2, -0.15) is 0 Å². The van der Waals surface area contributed by atoms with Crippen LogP contribution in [0.2, 0.25) is 0 Å². The molecule has 0 spiro atoms. The SMILES string of the molecule is O=c1/c(=C/c2cc(Br)cc(I)c2O)sc2n1[C@H](c1ccccc1)C1=C(N=2)c2ccccc2CC1. The molecule has 1 atom stereocenters. The number of allylic oxidation sites excluding steroid dienone is 1. The third kappa shape index (κ3) is 3.61. The molecule has 0 unspecified atom stereocenters. The summed E-state index contributed by atoms with van der Waals surface area (Å²) in [4.78, 5) is 19.5. The monoisotopic (exact) mass is 640 g/mol. The molecule has 0 saturated heterocycles. The molecule has 34 heavy (non-hydrogen) atoms. The van der Waals surface area contributed by atoms with Crippen molar-refractivity contribution in [1.29, 1.82) is 0 Å². The zero-order valence-electron chi connectivity index (χ0n) is 17.8. The minimum Gasteiger partial charge on any atom is -0.506 e. The minimum absolute atomic E-state index is 0.0857. The van der Waals surface area contributed by atoms with E-state index in [2.05, 4.69) is 74.9 Å². The highest BCUT2D eigenvalue weighted by Gasteiger charge is 2.32. The smallest absolute Gasteiger partial charge is 0.271 e. The summed E-state index contributed by atoms with van der Waals surface area (Å²) in [7, 11) is 0. The van der Waals surface area contributed by atoms with E-state index in [-0.39, 0.29) is 17.4 Å². The van der Waals surface area contributed by atoms with E-state index in [0.717, 1.165) is 37.7 Å². The maximum absolute atomic E-state index is 13.8. The number of nitrogens with zero attached hydrogens (tertiary/aromatic N) is 2. The third-order valence-corrected chi connectivity index (χ3v) is 8.60. The van der Waals surface area contributed by atoms with Crippen molar-refractivity contribution >= 4 is 61.6 Å². The summed E-state index contributed by atoms with van der Waals surface area (Å²) in [5, 5.41) is 10.6. The molecular formula is C27H18BrIN2O2S. The van der Waals surface area contributed by atoms with Crippen molar-refractivity contribution in [3.05, 3.63) is 122 Å². The van der Waals surface area contributed by atoms with E-state index in [1.807, 2.05) is 34.9 Å². The Labute approximate surface area is 221 Å². The number of aromatic nitrogens is 1. The van der Waals surface area contributed by atoms with Crippen molar-refractivity contribution in [2.24, 2.45) is 4.99 Å². The van der Waals surface area contributed by atoms with Gasteiger partial charge in [-0.05, 0) is 70.3 Å². The molecule has 0 radical (unpaired) electrons. The topological polar surface area (TPSA) is 54.6 Å². The molecule has 168 valence electrons. The summed E-state index contributed by atoms with van der Waals surface area (Å²) in [5.74, 6) is 0.169. The Morgan fingerprint density at radius 3 is 2.68 bits per heavy atom. The van der Waals surface area contributed by atoms with Crippen LogP contribution in [-0.2, 0) is 6.42 Å². The second-order valence-corrected chi connectivity index (χ2v) is 11.4. The quantitative estimate of drug-likeness (QED) is 0.299. The number of hydrogen-bond acceptors (Lipinski definition) is 4. The van der Waals surface area contributed by atoms with Gasteiger partial charge in [-0.25, -0.2) is 4.99 Å². The molecule has 0 amide bonds. The first-order valence-corrected chi connectivity index (χ1v) is 13.6. The minimum atomic E-state index is -0.195. The van der Waals surface area contributed by atoms with Crippen LogP contribution in [-0.4, -0.2) is 9.67 Å². The number of hydrogen-bond donors (Lipinski definition) is 1. The second-order valence-electron chi connectivity index (χ2n) is 8.35. The van der Waals surface area contributed by atoms with Gasteiger partial charge in [0, 0.05) is 15.6 Å². The summed E-state index contributed by atoms with van der Waals surface area (Å²) in [6.07, 6.45) is 3.57. The van der Waals surface area contributed by atoms with Crippen LogP contribution in [0.4, 0.5) is 0 Å². The van der Waals surface area contributed by atoms with Gasteiger partial charge in [-0.15, -0.1) is 0 Å². The fraction of sp³-hybridized carbons (Fsp3) is 0.111. The van der Waals surface area contributed by atoms with Crippen LogP contribution in [0.15, 0.2) is 86.6 Å². The van der Waals surface area contributed by atoms with Gasteiger partial charge < -0.3 is 5.11 Å². The molecule has 4 aromatic rings. The van der Waals surface area contributed by atoms with E-state index in [1.54, 1.807) is 6.08 Å². The summed E-state index contributed by atoms with van der Waals surface area (Å²) in [6, 6.07) is 22.1. The van der Waals surface area contributed by atoms with Crippen LogP contribution in [0, 0.1) is 3.57 Å². The van der Waals surface area contributed by atoms with E-state index >= 15 is 0 Å². The zero-order chi connectivity index (χ0) is 23.4. The van der Waals surface area contributed by atoms with E-state index in [0.29, 0.717) is 14.9 Å². The van der Waals surface area contributed by atoms with Gasteiger partial charge in [-0.1, -0.05) is 81.9 Å². The first-order valence-electron chi connectivity index (χ1n) is 10.9. The van der Waals surface area contributed by atoms with E-state index in [4.69, 9.17) is 4.99 Å². The molecule has 7 heteroatoms. The lowest BCUT2D eigenvalue weighted by molar-refractivity contribution is 0.470. The molecular weight excluding hydrogens is 623 g/mol. The third-order valence-electron chi connectivity index (χ3n) is 6.33. The number of thiazole rings is 1. The predicted molar refractivity (Wildman–Crippen MR) is 148 cm³/mol. The Kier molecular flexibility index (Phi) is 5.58. The molecule has 3 aromatic carbocycles. The van der Waals surface area contributed by atoms with Crippen LogP contribution in [0.25, 0.3) is 11.8 Å². The first-order chi connectivity index (χ1) is 16.5.